The van der Waals surface area contributed by atoms with Crippen LogP contribution in [0.2, 0.25) is 5.02 Å². The summed E-state index contributed by atoms with van der Waals surface area (Å²) in [5, 5.41) is 0.570. The van der Waals surface area contributed by atoms with Crippen LogP contribution in [-0.2, 0) is 16.6 Å². The van der Waals surface area contributed by atoms with Gasteiger partial charge in [-0.25, -0.2) is 13.1 Å². The van der Waals surface area contributed by atoms with Crippen LogP contribution >= 0.6 is 11.6 Å². The Kier molecular flexibility index (Phi) is 4.61. The highest BCUT2D eigenvalue weighted by Crippen LogP contribution is 2.14. The first-order valence-electron chi connectivity index (χ1n) is 5.82. The van der Waals surface area contributed by atoms with Crippen LogP contribution in [0.5, 0.6) is 0 Å². The lowest BCUT2D eigenvalue weighted by Gasteiger charge is -2.08. The molecule has 106 valence electrons. The van der Waals surface area contributed by atoms with E-state index in [0.717, 1.165) is 5.56 Å². The second kappa shape index (κ2) is 6.23. The summed E-state index contributed by atoms with van der Waals surface area (Å²) in [4.78, 5) is 0.179. The van der Waals surface area contributed by atoms with Crippen molar-refractivity contribution < 1.29 is 8.42 Å². The van der Waals surface area contributed by atoms with E-state index in [1.54, 1.807) is 36.4 Å². The van der Waals surface area contributed by atoms with Crippen molar-refractivity contribution in [1.29, 1.82) is 0 Å². The number of nitrogens with one attached hydrogen (secondary N) is 2. The van der Waals surface area contributed by atoms with Gasteiger partial charge in [0.2, 0.25) is 10.0 Å². The van der Waals surface area contributed by atoms with E-state index in [1.165, 1.54) is 12.1 Å². The Hall–Kier alpha value is -1.60. The molecule has 0 atom stereocenters. The molecule has 0 heterocycles. The van der Waals surface area contributed by atoms with Gasteiger partial charge in [0.25, 0.3) is 0 Å². The van der Waals surface area contributed by atoms with Crippen molar-refractivity contribution in [3.05, 3.63) is 59.1 Å². The fraction of sp³-hybridized carbons (Fsp3) is 0.0769. The van der Waals surface area contributed by atoms with Crippen LogP contribution in [0.15, 0.2) is 53.4 Å². The molecule has 5 nitrogen and oxygen atoms in total. The molecule has 4 N–H and O–H groups in total. The number of rotatable bonds is 5. The fourth-order valence-electron chi connectivity index (χ4n) is 1.64. The smallest absolute Gasteiger partial charge is 0.240 e. The number of hydrogen-bond acceptors (Lipinski definition) is 4. The van der Waals surface area contributed by atoms with Gasteiger partial charge in [0.1, 0.15) is 0 Å². The van der Waals surface area contributed by atoms with Crippen molar-refractivity contribution in [2.24, 2.45) is 5.84 Å². The van der Waals surface area contributed by atoms with E-state index < -0.39 is 10.0 Å². The van der Waals surface area contributed by atoms with Gasteiger partial charge in [0.15, 0.2) is 0 Å². The van der Waals surface area contributed by atoms with Gasteiger partial charge < -0.3 is 5.43 Å². The van der Waals surface area contributed by atoms with Gasteiger partial charge in [0, 0.05) is 17.3 Å². The second-order valence-electron chi connectivity index (χ2n) is 4.12. The molecule has 20 heavy (non-hydrogen) atoms. The van der Waals surface area contributed by atoms with Crippen molar-refractivity contribution >= 4 is 27.3 Å². The van der Waals surface area contributed by atoms with E-state index in [1.807, 2.05) is 0 Å². The highest BCUT2D eigenvalue weighted by Gasteiger charge is 2.13. The number of nitrogen functional groups attached to an aromatic ring is 1. The molecule has 0 spiro atoms. The topological polar surface area (TPSA) is 84.2 Å². The molecule has 0 amide bonds. The summed E-state index contributed by atoms with van der Waals surface area (Å²) in [7, 11) is -3.56. The summed E-state index contributed by atoms with van der Waals surface area (Å²) in [5.41, 5.74) is 3.87. The van der Waals surface area contributed by atoms with Crippen LogP contribution in [-0.4, -0.2) is 8.42 Å². The number of anilines is 1. The van der Waals surface area contributed by atoms with Crippen LogP contribution in [0, 0.1) is 0 Å². The Bertz CT molecular complexity index is 687. The predicted octanol–water partition coefficient (Wildman–Crippen LogP) is 2.10. The van der Waals surface area contributed by atoms with E-state index in [4.69, 9.17) is 17.4 Å². The maximum absolute atomic E-state index is 12.1. The first-order valence-corrected chi connectivity index (χ1v) is 7.68. The number of hydrogen-bond donors (Lipinski definition) is 3. The molecule has 0 saturated heterocycles. The molecule has 2 aromatic rings. The summed E-state index contributed by atoms with van der Waals surface area (Å²) in [6.07, 6.45) is 0. The largest absolute Gasteiger partial charge is 0.324 e. The number of nitrogens with two attached hydrogens (primary N) is 1. The Morgan fingerprint density at radius 3 is 2.40 bits per heavy atom. The molecule has 0 aliphatic carbocycles. The Morgan fingerprint density at radius 2 is 1.80 bits per heavy atom. The molecule has 0 radical (unpaired) electrons. The fourth-order valence-corrected chi connectivity index (χ4v) is 2.87. The van der Waals surface area contributed by atoms with E-state index in [2.05, 4.69) is 10.1 Å². The Labute approximate surface area is 122 Å². The van der Waals surface area contributed by atoms with Gasteiger partial charge in [-0.15, -0.1) is 0 Å². The van der Waals surface area contributed by atoms with Gasteiger partial charge in [0.05, 0.1) is 4.90 Å². The third-order valence-electron chi connectivity index (χ3n) is 2.69. The third-order valence-corrected chi connectivity index (χ3v) is 4.34. The minimum absolute atomic E-state index is 0.179. The van der Waals surface area contributed by atoms with Crippen LogP contribution in [0.4, 0.5) is 5.69 Å². The average Bonchev–Trinajstić information content (AvgIpc) is 2.45. The van der Waals surface area contributed by atoms with Crippen LogP contribution < -0.4 is 16.0 Å². The van der Waals surface area contributed by atoms with Crippen LogP contribution in [0.3, 0.4) is 0 Å². The van der Waals surface area contributed by atoms with Crippen molar-refractivity contribution in [2.75, 3.05) is 5.43 Å². The molecule has 2 rings (SSSR count). The highest BCUT2D eigenvalue weighted by atomic mass is 35.5. The molecule has 2 aromatic carbocycles. The standard InChI is InChI=1S/C13H14ClN3O2S/c14-11-3-1-2-10(8-11)9-16-20(18,19)13-6-4-12(17-15)5-7-13/h1-8,16-17H,9,15H2. The molecule has 0 aliphatic rings. The van der Waals surface area contributed by atoms with E-state index >= 15 is 0 Å². The van der Waals surface area contributed by atoms with Crippen LogP contribution in [0.25, 0.3) is 0 Å². The maximum atomic E-state index is 12.1. The van der Waals surface area contributed by atoms with Gasteiger partial charge >= 0.3 is 0 Å². The lowest BCUT2D eigenvalue weighted by molar-refractivity contribution is 0.581. The van der Waals surface area contributed by atoms with Gasteiger partial charge in [-0.2, -0.15) is 0 Å². The number of halogens is 1. The first-order chi connectivity index (χ1) is 9.51. The minimum atomic E-state index is -3.56. The second-order valence-corrected chi connectivity index (χ2v) is 6.33. The zero-order chi connectivity index (χ0) is 14.6. The summed E-state index contributed by atoms with van der Waals surface area (Å²) >= 11 is 5.85. The van der Waals surface area contributed by atoms with Gasteiger partial charge in [-0.05, 0) is 42.0 Å². The zero-order valence-corrected chi connectivity index (χ0v) is 12.1. The van der Waals surface area contributed by atoms with E-state index in [0.29, 0.717) is 10.7 Å². The summed E-state index contributed by atoms with van der Waals surface area (Å²) < 4.78 is 26.7. The molecular formula is C13H14ClN3O2S. The van der Waals surface area contributed by atoms with Crippen molar-refractivity contribution in [3.8, 4) is 0 Å². The number of benzene rings is 2. The lowest BCUT2D eigenvalue weighted by atomic mass is 10.2. The molecule has 0 fully saturated rings. The zero-order valence-electron chi connectivity index (χ0n) is 10.5. The quantitative estimate of drug-likeness (QED) is 0.583. The average molecular weight is 312 g/mol. The summed E-state index contributed by atoms with van der Waals surface area (Å²) in [6.45, 7) is 0.180. The predicted molar refractivity (Wildman–Crippen MR) is 79.7 cm³/mol. The number of sulfonamides is 1. The maximum Gasteiger partial charge on any atom is 0.240 e. The normalized spacial score (nSPS) is 11.3. The molecular weight excluding hydrogens is 298 g/mol. The van der Waals surface area contributed by atoms with Gasteiger partial charge in [-0.1, -0.05) is 23.7 Å². The SMILES string of the molecule is NNc1ccc(S(=O)(=O)NCc2cccc(Cl)c2)cc1. The third kappa shape index (κ3) is 3.71. The molecule has 7 heteroatoms. The Morgan fingerprint density at radius 1 is 1.10 bits per heavy atom. The monoisotopic (exact) mass is 311 g/mol. The van der Waals surface area contributed by atoms with E-state index in [-0.39, 0.29) is 11.4 Å². The molecule has 0 unspecified atom stereocenters. The lowest BCUT2D eigenvalue weighted by Crippen LogP contribution is -2.23. The molecule has 0 saturated carbocycles. The van der Waals surface area contributed by atoms with Crippen molar-refractivity contribution in [3.63, 3.8) is 0 Å². The molecule has 0 bridgehead atoms. The first kappa shape index (κ1) is 14.8. The van der Waals surface area contributed by atoms with Crippen LogP contribution in [0.1, 0.15) is 5.56 Å². The Balaban J connectivity index is 2.10. The van der Waals surface area contributed by atoms with Crippen molar-refractivity contribution in [2.45, 2.75) is 11.4 Å². The van der Waals surface area contributed by atoms with Gasteiger partial charge in [-0.3, -0.25) is 5.84 Å². The summed E-state index contributed by atoms with van der Waals surface area (Å²) in [6, 6.07) is 13.2. The molecule has 0 aliphatic heterocycles. The molecule has 0 aromatic heterocycles. The highest BCUT2D eigenvalue weighted by molar-refractivity contribution is 7.89. The summed E-state index contributed by atoms with van der Waals surface area (Å²) in [5.74, 6) is 5.23. The van der Waals surface area contributed by atoms with E-state index in [9.17, 15) is 8.42 Å². The number of hydrazine groups is 1. The minimum Gasteiger partial charge on any atom is -0.324 e. The van der Waals surface area contributed by atoms with Crippen molar-refractivity contribution in [1.82, 2.24) is 4.72 Å².